The number of fused-ring (bicyclic) bond motifs is 1. The van der Waals surface area contributed by atoms with Gasteiger partial charge in [0.25, 0.3) is 5.56 Å². The van der Waals surface area contributed by atoms with E-state index in [4.69, 9.17) is 14.5 Å². The second-order valence-electron chi connectivity index (χ2n) is 6.80. The zero-order valence-corrected chi connectivity index (χ0v) is 17.8. The first-order valence-electron chi connectivity index (χ1n) is 9.83. The molecule has 1 saturated heterocycles. The van der Waals surface area contributed by atoms with E-state index < -0.39 is 5.97 Å². The van der Waals surface area contributed by atoms with Crippen molar-refractivity contribution in [3.8, 4) is 11.4 Å². The van der Waals surface area contributed by atoms with E-state index in [9.17, 15) is 9.59 Å². The van der Waals surface area contributed by atoms with Gasteiger partial charge in [-0.1, -0.05) is 0 Å². The van der Waals surface area contributed by atoms with Crippen molar-refractivity contribution in [2.75, 3.05) is 43.2 Å². The third-order valence-corrected chi connectivity index (χ3v) is 5.92. The second-order valence-corrected chi connectivity index (χ2v) is 8.03. The van der Waals surface area contributed by atoms with Crippen LogP contribution in [0.4, 0.5) is 5.95 Å². The number of carbonyl (C=O) groups excluding carboxylic acids is 1. The summed E-state index contributed by atoms with van der Waals surface area (Å²) in [4.78, 5) is 32.4. The molecule has 0 N–H and O–H groups in total. The summed E-state index contributed by atoms with van der Waals surface area (Å²) >= 11 is 1.89. The number of nitrogens with zero attached hydrogens (tertiary/aromatic N) is 3. The van der Waals surface area contributed by atoms with Crippen LogP contribution >= 0.6 is 11.8 Å². The summed E-state index contributed by atoms with van der Waals surface area (Å²) in [5.74, 6) is 2.82. The fraction of sp³-hybridized carbons (Fsp3) is 0.318. The first-order chi connectivity index (χ1) is 14.6. The molecule has 8 heteroatoms. The molecule has 7 nitrogen and oxygen atoms in total. The average Bonchev–Trinajstić information content (AvgIpc) is 2.79. The van der Waals surface area contributed by atoms with Crippen molar-refractivity contribution in [3.05, 3.63) is 58.4 Å². The van der Waals surface area contributed by atoms with Crippen molar-refractivity contribution in [1.29, 1.82) is 0 Å². The van der Waals surface area contributed by atoms with E-state index in [0.29, 0.717) is 29.0 Å². The summed E-state index contributed by atoms with van der Waals surface area (Å²) < 4.78 is 12.0. The van der Waals surface area contributed by atoms with Crippen LogP contribution < -0.4 is 15.2 Å². The minimum atomic E-state index is -0.453. The van der Waals surface area contributed by atoms with E-state index in [2.05, 4.69) is 4.90 Å². The number of aromatic nitrogens is 2. The molecule has 0 aliphatic carbocycles. The molecule has 0 amide bonds. The highest BCUT2D eigenvalue weighted by Crippen LogP contribution is 2.24. The monoisotopic (exact) mass is 425 g/mol. The lowest BCUT2D eigenvalue weighted by molar-refractivity contribution is 0.0601. The Hall–Kier alpha value is -3.00. The van der Waals surface area contributed by atoms with Crippen LogP contribution in [0.5, 0.6) is 5.75 Å². The first-order valence-corrected chi connectivity index (χ1v) is 11.0. The number of methoxy groups -OCH3 is 1. The number of hydrogen-bond acceptors (Lipinski definition) is 7. The van der Waals surface area contributed by atoms with E-state index in [1.165, 1.54) is 7.11 Å². The van der Waals surface area contributed by atoms with Gasteiger partial charge in [0.2, 0.25) is 5.95 Å². The van der Waals surface area contributed by atoms with Crippen LogP contribution in [0.3, 0.4) is 0 Å². The highest BCUT2D eigenvalue weighted by atomic mass is 32.2. The molecule has 4 rings (SSSR count). The maximum absolute atomic E-state index is 13.5. The molecule has 0 spiro atoms. The van der Waals surface area contributed by atoms with Crippen molar-refractivity contribution in [2.45, 2.75) is 6.92 Å². The molecule has 1 aromatic heterocycles. The van der Waals surface area contributed by atoms with Crippen molar-refractivity contribution in [1.82, 2.24) is 9.55 Å². The molecule has 30 heavy (non-hydrogen) atoms. The van der Waals surface area contributed by atoms with Crippen LogP contribution in [0.15, 0.2) is 47.3 Å². The lowest BCUT2D eigenvalue weighted by atomic mass is 10.1. The highest BCUT2D eigenvalue weighted by Gasteiger charge is 2.21. The standard InChI is InChI=1S/C22H23N3O4S/c1-3-29-17-7-5-16(6-8-17)25-20(26)18-9-4-15(21(27)28-2)14-19(18)23-22(25)24-10-12-30-13-11-24/h4-9,14H,3,10-13H2,1-2H3. The van der Waals surface area contributed by atoms with Crippen LogP contribution in [0.2, 0.25) is 0 Å². The molecule has 1 aliphatic rings. The van der Waals surface area contributed by atoms with Gasteiger partial charge in [-0.05, 0) is 49.4 Å². The average molecular weight is 426 g/mol. The minimum Gasteiger partial charge on any atom is -0.494 e. The number of carbonyl (C=O) groups is 1. The van der Waals surface area contributed by atoms with E-state index in [0.717, 1.165) is 36.0 Å². The number of benzene rings is 2. The van der Waals surface area contributed by atoms with E-state index in [1.54, 1.807) is 22.8 Å². The molecular formula is C22H23N3O4S. The third kappa shape index (κ3) is 3.87. The number of esters is 1. The molecule has 1 fully saturated rings. The van der Waals surface area contributed by atoms with Crippen LogP contribution in [0, 0.1) is 0 Å². The van der Waals surface area contributed by atoms with Gasteiger partial charge in [-0.3, -0.25) is 4.79 Å². The Balaban J connectivity index is 1.91. The fourth-order valence-corrected chi connectivity index (χ4v) is 4.39. The van der Waals surface area contributed by atoms with Gasteiger partial charge in [-0.25, -0.2) is 14.3 Å². The number of rotatable bonds is 5. The fourth-order valence-electron chi connectivity index (χ4n) is 3.49. The Bertz CT molecular complexity index is 1120. The Kier molecular flexibility index (Phi) is 5.94. The molecule has 2 aromatic carbocycles. The number of ether oxygens (including phenoxy) is 2. The Morgan fingerprint density at radius 3 is 2.53 bits per heavy atom. The Labute approximate surface area is 178 Å². The Morgan fingerprint density at radius 2 is 1.87 bits per heavy atom. The minimum absolute atomic E-state index is 0.172. The molecule has 3 aromatic rings. The lowest BCUT2D eigenvalue weighted by Gasteiger charge is -2.29. The summed E-state index contributed by atoms with van der Waals surface area (Å²) in [6.45, 7) is 4.11. The van der Waals surface area contributed by atoms with Crippen molar-refractivity contribution in [2.24, 2.45) is 0 Å². The molecular weight excluding hydrogens is 402 g/mol. The number of hydrogen-bond donors (Lipinski definition) is 0. The maximum Gasteiger partial charge on any atom is 0.337 e. The SMILES string of the molecule is CCOc1ccc(-n2c(N3CCSCC3)nc3cc(C(=O)OC)ccc3c2=O)cc1. The van der Waals surface area contributed by atoms with E-state index in [1.807, 2.05) is 43.0 Å². The van der Waals surface area contributed by atoms with Gasteiger partial charge in [-0.15, -0.1) is 0 Å². The zero-order chi connectivity index (χ0) is 21.1. The number of anilines is 1. The maximum atomic E-state index is 13.5. The van der Waals surface area contributed by atoms with Gasteiger partial charge in [0.1, 0.15) is 5.75 Å². The van der Waals surface area contributed by atoms with Crippen LogP contribution in [-0.2, 0) is 4.74 Å². The molecule has 0 unspecified atom stereocenters. The third-order valence-electron chi connectivity index (χ3n) is 4.97. The highest BCUT2D eigenvalue weighted by molar-refractivity contribution is 7.99. The van der Waals surface area contributed by atoms with E-state index in [-0.39, 0.29) is 5.56 Å². The first kappa shape index (κ1) is 20.3. The molecule has 0 atom stereocenters. The molecule has 0 saturated carbocycles. The normalized spacial score (nSPS) is 14.0. The lowest BCUT2D eigenvalue weighted by Crippen LogP contribution is -2.38. The summed E-state index contributed by atoms with van der Waals surface area (Å²) in [6.07, 6.45) is 0. The summed E-state index contributed by atoms with van der Waals surface area (Å²) in [5, 5.41) is 0.451. The second kappa shape index (κ2) is 8.79. The molecule has 0 radical (unpaired) electrons. The summed E-state index contributed by atoms with van der Waals surface area (Å²) in [7, 11) is 1.33. The van der Waals surface area contributed by atoms with Gasteiger partial charge in [0.05, 0.1) is 35.9 Å². The van der Waals surface area contributed by atoms with Gasteiger partial charge in [0, 0.05) is 24.6 Å². The van der Waals surface area contributed by atoms with Gasteiger partial charge < -0.3 is 14.4 Å². The summed E-state index contributed by atoms with van der Waals surface area (Å²) in [5.41, 5.74) is 1.41. The topological polar surface area (TPSA) is 73.7 Å². The van der Waals surface area contributed by atoms with Gasteiger partial charge >= 0.3 is 5.97 Å². The molecule has 156 valence electrons. The predicted molar refractivity (Wildman–Crippen MR) is 119 cm³/mol. The van der Waals surface area contributed by atoms with Crippen LogP contribution in [0.1, 0.15) is 17.3 Å². The summed E-state index contributed by atoms with van der Waals surface area (Å²) in [6, 6.07) is 12.3. The largest absolute Gasteiger partial charge is 0.494 e. The van der Waals surface area contributed by atoms with Gasteiger partial charge in [0.15, 0.2) is 0 Å². The van der Waals surface area contributed by atoms with Crippen molar-refractivity contribution < 1.29 is 14.3 Å². The van der Waals surface area contributed by atoms with Crippen LogP contribution in [0.25, 0.3) is 16.6 Å². The van der Waals surface area contributed by atoms with Gasteiger partial charge in [-0.2, -0.15) is 11.8 Å². The molecule has 1 aliphatic heterocycles. The van der Waals surface area contributed by atoms with Crippen molar-refractivity contribution >= 4 is 34.6 Å². The van der Waals surface area contributed by atoms with E-state index >= 15 is 0 Å². The molecule has 0 bridgehead atoms. The quantitative estimate of drug-likeness (QED) is 0.582. The number of thioether (sulfide) groups is 1. The van der Waals surface area contributed by atoms with Crippen molar-refractivity contribution in [3.63, 3.8) is 0 Å². The predicted octanol–water partition coefficient (Wildman–Crippen LogP) is 3.12. The molecule has 2 heterocycles. The smallest absolute Gasteiger partial charge is 0.337 e. The zero-order valence-electron chi connectivity index (χ0n) is 17.0. The Morgan fingerprint density at radius 1 is 1.13 bits per heavy atom. The van der Waals surface area contributed by atoms with Crippen LogP contribution in [-0.4, -0.2) is 53.8 Å².